The second kappa shape index (κ2) is 10.3. The average Bonchev–Trinajstić information content (AvgIpc) is 3.17. The number of rotatable bonds is 5. The minimum Gasteiger partial charge on any atom is -0.351 e. The second-order valence-corrected chi connectivity index (χ2v) is 10.1. The largest absolute Gasteiger partial charge is 0.420 e. The van der Waals surface area contributed by atoms with E-state index in [9.17, 15) is 13.2 Å². The highest BCUT2D eigenvalue weighted by molar-refractivity contribution is 8.00. The normalized spacial score (nSPS) is 18.8. The fraction of sp³-hybridized carbons (Fsp3) is 0.524. The van der Waals surface area contributed by atoms with Crippen LogP contribution in [-0.2, 0) is 6.18 Å². The molecule has 0 spiro atoms. The van der Waals surface area contributed by atoms with Gasteiger partial charge in [-0.25, -0.2) is 19.3 Å². The van der Waals surface area contributed by atoms with Gasteiger partial charge in [-0.15, -0.1) is 11.3 Å². The van der Waals surface area contributed by atoms with Crippen molar-refractivity contribution in [3.05, 3.63) is 34.1 Å². The number of allylic oxidation sites excluding steroid dienone is 1. The maximum atomic E-state index is 13.5. The van der Waals surface area contributed by atoms with Crippen LogP contribution in [0.1, 0.15) is 49.1 Å². The van der Waals surface area contributed by atoms with Crippen molar-refractivity contribution in [1.29, 1.82) is 0 Å². The Hall–Kier alpha value is -1.98. The smallest absolute Gasteiger partial charge is 0.351 e. The van der Waals surface area contributed by atoms with Gasteiger partial charge in [0.15, 0.2) is 0 Å². The predicted molar refractivity (Wildman–Crippen MR) is 124 cm³/mol. The fourth-order valence-electron chi connectivity index (χ4n) is 3.60. The van der Waals surface area contributed by atoms with Gasteiger partial charge in [-0.3, -0.25) is 4.99 Å². The van der Waals surface area contributed by atoms with Crippen LogP contribution >= 0.6 is 23.3 Å². The van der Waals surface area contributed by atoms with Crippen molar-refractivity contribution in [2.45, 2.75) is 57.7 Å². The molecule has 11 heteroatoms. The second-order valence-electron chi connectivity index (χ2n) is 7.77. The molecule has 0 aromatic carbocycles. The van der Waals surface area contributed by atoms with Gasteiger partial charge in [0.05, 0.1) is 15.6 Å². The molecular weight excluding hydrogens is 457 g/mol. The van der Waals surface area contributed by atoms with Crippen molar-refractivity contribution >= 4 is 35.4 Å². The number of aromatic nitrogens is 3. The van der Waals surface area contributed by atoms with Crippen LogP contribution in [0.4, 0.5) is 19.1 Å². The van der Waals surface area contributed by atoms with Gasteiger partial charge in [-0.2, -0.15) is 13.2 Å². The monoisotopic (exact) mass is 482 g/mol. The first-order chi connectivity index (χ1) is 15.4. The van der Waals surface area contributed by atoms with Gasteiger partial charge in [-0.1, -0.05) is 6.08 Å². The minimum absolute atomic E-state index is 0.106. The van der Waals surface area contributed by atoms with Crippen LogP contribution in [0.5, 0.6) is 0 Å². The summed E-state index contributed by atoms with van der Waals surface area (Å²) in [5, 5.41) is 4.97. The van der Waals surface area contributed by atoms with Crippen molar-refractivity contribution in [3.63, 3.8) is 0 Å². The van der Waals surface area contributed by atoms with Crippen LogP contribution in [0.25, 0.3) is 10.6 Å². The number of thiazole rings is 1. The lowest BCUT2D eigenvalue weighted by molar-refractivity contribution is -0.137. The highest BCUT2D eigenvalue weighted by Crippen LogP contribution is 2.38. The number of hydrogen-bond acceptors (Lipinski definition) is 8. The summed E-state index contributed by atoms with van der Waals surface area (Å²) in [6, 6.07) is 0.106. The molecule has 0 unspecified atom stereocenters. The number of nitrogens with zero attached hydrogens (tertiary/aromatic N) is 5. The van der Waals surface area contributed by atoms with Crippen LogP contribution in [0, 0.1) is 6.92 Å². The summed E-state index contributed by atoms with van der Waals surface area (Å²) in [5.74, 6) is 0.220. The Morgan fingerprint density at radius 3 is 2.62 bits per heavy atom. The SMILES string of the molecule is Cc1ncc(-c2nc(NC3CCN(SC4=CCCCCC=N4)CC3)ncc2C(F)(F)F)s1. The van der Waals surface area contributed by atoms with Crippen LogP contribution in [0.3, 0.4) is 0 Å². The zero-order valence-corrected chi connectivity index (χ0v) is 19.4. The molecular formula is C21H25F3N6S2. The molecule has 4 rings (SSSR count). The summed E-state index contributed by atoms with van der Waals surface area (Å²) < 4.78 is 42.7. The molecule has 32 heavy (non-hydrogen) atoms. The van der Waals surface area contributed by atoms with E-state index in [-0.39, 0.29) is 17.7 Å². The van der Waals surface area contributed by atoms with Crippen LogP contribution in [-0.4, -0.2) is 44.6 Å². The van der Waals surface area contributed by atoms with E-state index < -0.39 is 11.7 Å². The van der Waals surface area contributed by atoms with Crippen molar-refractivity contribution in [1.82, 2.24) is 19.3 Å². The van der Waals surface area contributed by atoms with Gasteiger partial charge in [0.1, 0.15) is 10.6 Å². The molecule has 0 atom stereocenters. The summed E-state index contributed by atoms with van der Waals surface area (Å²) in [4.78, 5) is 17.2. The Labute approximate surface area is 193 Å². The quantitative estimate of drug-likeness (QED) is 0.532. The van der Waals surface area contributed by atoms with E-state index in [4.69, 9.17) is 0 Å². The third-order valence-electron chi connectivity index (χ3n) is 5.28. The lowest BCUT2D eigenvalue weighted by Gasteiger charge is -2.31. The maximum absolute atomic E-state index is 13.5. The van der Waals surface area contributed by atoms with Crippen LogP contribution in [0.2, 0.25) is 0 Å². The molecule has 0 saturated carbocycles. The Morgan fingerprint density at radius 2 is 1.91 bits per heavy atom. The lowest BCUT2D eigenvalue weighted by atomic mass is 10.1. The molecule has 0 amide bonds. The zero-order valence-electron chi connectivity index (χ0n) is 17.7. The molecule has 172 valence electrons. The van der Waals surface area contributed by atoms with E-state index in [0.29, 0.717) is 9.88 Å². The number of nitrogens with one attached hydrogen (secondary N) is 1. The molecule has 1 saturated heterocycles. The topological polar surface area (TPSA) is 66.3 Å². The van der Waals surface area contributed by atoms with Gasteiger partial charge >= 0.3 is 6.18 Å². The summed E-state index contributed by atoms with van der Waals surface area (Å²) in [6.45, 7) is 3.47. The highest BCUT2D eigenvalue weighted by atomic mass is 32.2. The van der Waals surface area contributed by atoms with E-state index in [1.165, 1.54) is 30.4 Å². The maximum Gasteiger partial charge on any atom is 0.420 e. The first-order valence-electron chi connectivity index (χ1n) is 10.7. The number of alkyl halides is 3. The Bertz CT molecular complexity index is 980. The third kappa shape index (κ3) is 6.08. The van der Waals surface area contributed by atoms with Crippen molar-refractivity contribution in [3.8, 4) is 10.6 Å². The molecule has 1 N–H and O–H groups in total. The predicted octanol–water partition coefficient (Wildman–Crippen LogP) is 5.94. The molecule has 2 aliphatic rings. The minimum atomic E-state index is -4.53. The Morgan fingerprint density at radius 1 is 1.12 bits per heavy atom. The fourth-order valence-corrected chi connectivity index (χ4v) is 5.35. The molecule has 2 aromatic heterocycles. The lowest BCUT2D eigenvalue weighted by Crippen LogP contribution is -2.36. The number of hydrogen-bond donors (Lipinski definition) is 1. The van der Waals surface area contributed by atoms with E-state index in [1.807, 2.05) is 6.21 Å². The molecule has 2 aromatic rings. The molecule has 6 nitrogen and oxygen atoms in total. The molecule has 4 heterocycles. The molecule has 0 aliphatic carbocycles. The van der Waals surface area contributed by atoms with Gasteiger partial charge < -0.3 is 5.32 Å². The van der Waals surface area contributed by atoms with E-state index >= 15 is 0 Å². The van der Waals surface area contributed by atoms with Crippen LogP contribution < -0.4 is 5.32 Å². The third-order valence-corrected chi connectivity index (χ3v) is 7.29. The molecule has 0 bridgehead atoms. The number of piperidine rings is 1. The first kappa shape index (κ1) is 23.2. The molecule has 0 radical (unpaired) electrons. The zero-order chi connectivity index (χ0) is 22.6. The summed E-state index contributed by atoms with van der Waals surface area (Å²) in [5.41, 5.74) is -0.964. The van der Waals surface area contributed by atoms with Gasteiger partial charge in [0, 0.05) is 37.7 Å². The van der Waals surface area contributed by atoms with E-state index in [1.54, 1.807) is 18.9 Å². The van der Waals surface area contributed by atoms with Gasteiger partial charge in [0.2, 0.25) is 5.95 Å². The van der Waals surface area contributed by atoms with E-state index in [0.717, 1.165) is 50.0 Å². The summed E-state index contributed by atoms with van der Waals surface area (Å²) in [6.07, 6.45) is 8.14. The standard InChI is InChI=1S/C21H25F3N6S2/c1-14-26-13-17(31-14)19-16(21(22,23)24)12-27-20(29-19)28-15-7-10-30(11-8-15)32-18-6-4-2-3-5-9-25-18/h6,9,12-13,15H,2-5,7-8,10-11H2,1H3,(H,27,28,29). The van der Waals surface area contributed by atoms with Crippen molar-refractivity contribution in [2.24, 2.45) is 4.99 Å². The average molecular weight is 483 g/mol. The van der Waals surface area contributed by atoms with Crippen LogP contribution in [0.15, 0.2) is 28.5 Å². The van der Waals surface area contributed by atoms with Crippen molar-refractivity contribution in [2.75, 3.05) is 18.4 Å². The number of anilines is 1. The summed E-state index contributed by atoms with van der Waals surface area (Å²) >= 11 is 2.88. The highest BCUT2D eigenvalue weighted by Gasteiger charge is 2.36. The van der Waals surface area contributed by atoms with Crippen molar-refractivity contribution < 1.29 is 13.2 Å². The number of aryl methyl sites for hydroxylation is 1. The number of halogens is 3. The molecule has 1 fully saturated rings. The number of aliphatic imine (C=N–C) groups is 1. The Kier molecular flexibility index (Phi) is 7.47. The van der Waals surface area contributed by atoms with Gasteiger partial charge in [0.25, 0.3) is 0 Å². The van der Waals surface area contributed by atoms with E-state index in [2.05, 4.69) is 35.6 Å². The van der Waals surface area contributed by atoms with Gasteiger partial charge in [-0.05, 0) is 57.4 Å². The first-order valence-corrected chi connectivity index (χ1v) is 12.3. The Balaban J connectivity index is 1.40. The molecule has 2 aliphatic heterocycles. The summed E-state index contributed by atoms with van der Waals surface area (Å²) in [7, 11) is 0.